The number of ether oxygens (including phenoxy) is 2. The van der Waals surface area contributed by atoms with E-state index in [1.54, 1.807) is 32.0 Å². The number of hydrogen-bond acceptors (Lipinski definition) is 5. The van der Waals surface area contributed by atoms with Gasteiger partial charge in [0.1, 0.15) is 17.2 Å². The number of likely N-dealkylation sites (N-methyl/N-ethyl adjacent to an activating group) is 1. The van der Waals surface area contributed by atoms with Gasteiger partial charge >= 0.3 is 0 Å². The molecule has 0 radical (unpaired) electrons. The molecule has 0 bridgehead atoms. The normalized spacial score (nSPS) is 12.2. The summed E-state index contributed by atoms with van der Waals surface area (Å²) in [4.78, 5) is 15.3. The van der Waals surface area contributed by atoms with Gasteiger partial charge in [0.2, 0.25) is 0 Å². The van der Waals surface area contributed by atoms with Gasteiger partial charge in [0, 0.05) is 43.3 Å². The van der Waals surface area contributed by atoms with E-state index in [1.807, 2.05) is 51.5 Å². The molecule has 178 valence electrons. The lowest BCUT2D eigenvalue weighted by molar-refractivity contribution is 0.0932. The number of benzene rings is 2. The van der Waals surface area contributed by atoms with Crippen molar-refractivity contribution in [1.82, 2.24) is 24.6 Å². The molecule has 0 aliphatic heterocycles. The molecule has 0 saturated carbocycles. The summed E-state index contributed by atoms with van der Waals surface area (Å²) in [6.45, 7) is 0.461. The fourth-order valence-corrected chi connectivity index (χ4v) is 4.31. The van der Waals surface area contributed by atoms with Gasteiger partial charge in [-0.1, -0.05) is 18.2 Å². The standard InChI is InChI=1S/C26H31N5O3/c1-29(2)24(20-16-30(3)22-10-8-7-9-18(20)22)15-27-26(32)23-14-21(28-31(23)4)19-13-17(33-5)11-12-25(19)34-6/h7-14,16,24H,15H2,1-6H3,(H,27,32)/t24-/m0/s1. The Morgan fingerprint density at radius 2 is 1.85 bits per heavy atom. The van der Waals surface area contributed by atoms with E-state index < -0.39 is 0 Å². The van der Waals surface area contributed by atoms with Gasteiger partial charge < -0.3 is 24.3 Å². The first-order valence-electron chi connectivity index (χ1n) is 11.1. The first-order valence-corrected chi connectivity index (χ1v) is 11.1. The van der Waals surface area contributed by atoms with Gasteiger partial charge in [-0.15, -0.1) is 0 Å². The van der Waals surface area contributed by atoms with Gasteiger partial charge in [0.15, 0.2) is 0 Å². The number of nitrogens with one attached hydrogen (secondary N) is 1. The summed E-state index contributed by atoms with van der Waals surface area (Å²) in [6, 6.07) is 15.6. The number of para-hydroxylation sites is 1. The van der Waals surface area contributed by atoms with Crippen molar-refractivity contribution in [1.29, 1.82) is 0 Å². The van der Waals surface area contributed by atoms with Crippen molar-refractivity contribution >= 4 is 16.8 Å². The van der Waals surface area contributed by atoms with Crippen molar-refractivity contribution in [3.05, 3.63) is 66.0 Å². The number of carbonyl (C=O) groups excluding carboxylic acids is 1. The molecule has 1 amide bonds. The van der Waals surface area contributed by atoms with Gasteiger partial charge in [-0.3, -0.25) is 9.48 Å². The third-order valence-corrected chi connectivity index (χ3v) is 6.16. The largest absolute Gasteiger partial charge is 0.497 e. The zero-order chi connectivity index (χ0) is 24.4. The molecule has 2 aromatic carbocycles. The molecule has 1 atom stereocenters. The molecular weight excluding hydrogens is 430 g/mol. The van der Waals surface area contributed by atoms with Crippen LogP contribution in [0.25, 0.3) is 22.2 Å². The van der Waals surface area contributed by atoms with E-state index in [2.05, 4.69) is 38.2 Å². The van der Waals surface area contributed by atoms with Crippen LogP contribution in [0.1, 0.15) is 22.1 Å². The van der Waals surface area contributed by atoms with Gasteiger partial charge in [0.05, 0.1) is 26.0 Å². The minimum atomic E-state index is -0.185. The lowest BCUT2D eigenvalue weighted by atomic mass is 10.0. The summed E-state index contributed by atoms with van der Waals surface area (Å²) in [7, 11) is 11.1. The monoisotopic (exact) mass is 461 g/mol. The number of aromatic nitrogens is 3. The van der Waals surface area contributed by atoms with Crippen LogP contribution in [-0.2, 0) is 14.1 Å². The number of fused-ring (bicyclic) bond motifs is 1. The minimum Gasteiger partial charge on any atom is -0.497 e. The topological polar surface area (TPSA) is 73.6 Å². The molecule has 34 heavy (non-hydrogen) atoms. The first-order chi connectivity index (χ1) is 16.3. The Kier molecular flexibility index (Phi) is 6.61. The maximum absolute atomic E-state index is 13.2. The van der Waals surface area contributed by atoms with Crippen LogP contribution in [0, 0.1) is 0 Å². The molecule has 1 N–H and O–H groups in total. The van der Waals surface area contributed by atoms with E-state index in [0.29, 0.717) is 29.4 Å². The Labute approximate surface area is 199 Å². The highest BCUT2D eigenvalue weighted by Gasteiger charge is 2.22. The third kappa shape index (κ3) is 4.36. The molecule has 4 rings (SSSR count). The molecule has 4 aromatic rings. The number of aryl methyl sites for hydroxylation is 2. The molecule has 0 aliphatic rings. The molecular formula is C26H31N5O3. The van der Waals surface area contributed by atoms with Crippen LogP contribution in [0.5, 0.6) is 11.5 Å². The SMILES string of the molecule is COc1ccc(OC)c(-c2cc(C(=O)NC[C@@H](c3cn(C)c4ccccc34)N(C)C)n(C)n2)c1. The van der Waals surface area contributed by atoms with Crippen molar-refractivity contribution in [2.45, 2.75) is 6.04 Å². The highest BCUT2D eigenvalue weighted by molar-refractivity contribution is 5.94. The van der Waals surface area contributed by atoms with Crippen LogP contribution < -0.4 is 14.8 Å². The van der Waals surface area contributed by atoms with Crippen molar-refractivity contribution in [3.63, 3.8) is 0 Å². The van der Waals surface area contributed by atoms with Crippen LogP contribution in [0.15, 0.2) is 54.7 Å². The molecule has 0 spiro atoms. The number of methoxy groups -OCH3 is 2. The van der Waals surface area contributed by atoms with E-state index in [-0.39, 0.29) is 11.9 Å². The molecule has 0 fully saturated rings. The maximum atomic E-state index is 13.2. The summed E-state index contributed by atoms with van der Waals surface area (Å²) in [5.74, 6) is 1.17. The Balaban J connectivity index is 1.58. The smallest absolute Gasteiger partial charge is 0.269 e. The highest BCUT2D eigenvalue weighted by Crippen LogP contribution is 2.33. The summed E-state index contributed by atoms with van der Waals surface area (Å²) in [5, 5.41) is 8.85. The fourth-order valence-electron chi connectivity index (χ4n) is 4.31. The van der Waals surface area contributed by atoms with E-state index >= 15 is 0 Å². The quantitative estimate of drug-likeness (QED) is 0.434. The lowest BCUT2D eigenvalue weighted by Gasteiger charge is -2.24. The Bertz CT molecular complexity index is 1320. The summed E-state index contributed by atoms with van der Waals surface area (Å²) in [5.41, 5.74) is 4.21. The molecule has 0 aliphatic carbocycles. The second kappa shape index (κ2) is 9.61. The Morgan fingerprint density at radius 1 is 1.09 bits per heavy atom. The van der Waals surface area contributed by atoms with Gasteiger partial charge in [0.25, 0.3) is 5.91 Å². The van der Waals surface area contributed by atoms with Gasteiger partial charge in [-0.25, -0.2) is 0 Å². The van der Waals surface area contributed by atoms with E-state index in [4.69, 9.17) is 9.47 Å². The van der Waals surface area contributed by atoms with E-state index in [9.17, 15) is 4.79 Å². The lowest BCUT2D eigenvalue weighted by Crippen LogP contribution is -2.35. The number of rotatable bonds is 8. The van der Waals surface area contributed by atoms with Gasteiger partial charge in [-0.05, 0) is 50.0 Å². The van der Waals surface area contributed by atoms with Crippen molar-refractivity contribution in [3.8, 4) is 22.8 Å². The molecule has 8 nitrogen and oxygen atoms in total. The zero-order valence-electron chi connectivity index (χ0n) is 20.5. The van der Waals surface area contributed by atoms with Crippen LogP contribution in [0.3, 0.4) is 0 Å². The molecule has 2 aromatic heterocycles. The predicted octanol–water partition coefficient (Wildman–Crippen LogP) is 3.63. The van der Waals surface area contributed by atoms with Crippen molar-refractivity contribution < 1.29 is 14.3 Å². The average Bonchev–Trinajstić information content (AvgIpc) is 3.38. The number of hydrogen-bond donors (Lipinski definition) is 1. The van der Waals surface area contributed by atoms with Crippen molar-refractivity contribution in [2.75, 3.05) is 34.9 Å². The number of nitrogens with zero attached hydrogens (tertiary/aromatic N) is 4. The molecule has 8 heteroatoms. The first kappa shape index (κ1) is 23.4. The Hall–Kier alpha value is -3.78. The number of amides is 1. The number of carbonyl (C=O) groups is 1. The summed E-state index contributed by atoms with van der Waals surface area (Å²) >= 11 is 0. The average molecular weight is 462 g/mol. The van der Waals surface area contributed by atoms with Crippen molar-refractivity contribution in [2.24, 2.45) is 14.1 Å². The predicted molar refractivity (Wildman–Crippen MR) is 133 cm³/mol. The van der Waals surface area contributed by atoms with Crippen LogP contribution >= 0.6 is 0 Å². The molecule has 2 heterocycles. The summed E-state index contributed by atoms with van der Waals surface area (Å²) < 4.78 is 14.5. The van der Waals surface area contributed by atoms with Gasteiger partial charge in [-0.2, -0.15) is 5.10 Å². The van der Waals surface area contributed by atoms with E-state index in [0.717, 1.165) is 5.56 Å². The van der Waals surface area contributed by atoms with Crippen LogP contribution in [0.4, 0.5) is 0 Å². The van der Waals surface area contributed by atoms with E-state index in [1.165, 1.54) is 16.5 Å². The minimum absolute atomic E-state index is 0.0150. The van der Waals surface area contributed by atoms with Crippen LogP contribution in [0.2, 0.25) is 0 Å². The fraction of sp³-hybridized carbons (Fsp3) is 0.308. The summed E-state index contributed by atoms with van der Waals surface area (Å²) in [6.07, 6.45) is 2.14. The maximum Gasteiger partial charge on any atom is 0.269 e. The second-order valence-corrected chi connectivity index (χ2v) is 8.51. The molecule has 0 saturated heterocycles. The Morgan fingerprint density at radius 3 is 2.56 bits per heavy atom. The zero-order valence-corrected chi connectivity index (χ0v) is 20.5. The van der Waals surface area contributed by atoms with Crippen LogP contribution in [-0.4, -0.2) is 60.0 Å². The molecule has 0 unspecified atom stereocenters. The second-order valence-electron chi connectivity index (χ2n) is 8.51. The third-order valence-electron chi connectivity index (χ3n) is 6.16. The highest BCUT2D eigenvalue weighted by atomic mass is 16.5.